The van der Waals surface area contributed by atoms with E-state index in [1.54, 1.807) is 7.11 Å². The summed E-state index contributed by atoms with van der Waals surface area (Å²) in [5, 5.41) is -0.277. The molecule has 0 radical (unpaired) electrons. The van der Waals surface area contributed by atoms with Gasteiger partial charge in [0.15, 0.2) is 0 Å². The number of alkyl halides is 1. The molecule has 5 heteroatoms. The third-order valence-electron chi connectivity index (χ3n) is 2.64. The van der Waals surface area contributed by atoms with Gasteiger partial charge < -0.3 is 4.74 Å². The van der Waals surface area contributed by atoms with Gasteiger partial charge in [0.2, 0.25) is 0 Å². The highest BCUT2D eigenvalue weighted by molar-refractivity contribution is 9.11. The molecule has 0 heterocycles. The molecule has 19 heavy (non-hydrogen) atoms. The molecule has 2 rings (SSSR count). The second-order valence-corrected chi connectivity index (χ2v) is 7.14. The van der Waals surface area contributed by atoms with E-state index in [0.29, 0.717) is 0 Å². The highest BCUT2D eigenvalue weighted by Crippen LogP contribution is 2.38. The molecule has 0 aliphatic heterocycles. The fourth-order valence-electron chi connectivity index (χ4n) is 1.80. The lowest BCUT2D eigenvalue weighted by Crippen LogP contribution is -1.98. The van der Waals surface area contributed by atoms with Crippen molar-refractivity contribution < 1.29 is 4.74 Å². The van der Waals surface area contributed by atoms with Crippen molar-refractivity contribution in [2.45, 2.75) is 5.38 Å². The second kappa shape index (κ2) is 6.61. The van der Waals surface area contributed by atoms with Crippen molar-refractivity contribution in [3.05, 3.63) is 60.9 Å². The molecule has 0 aromatic heterocycles. The van der Waals surface area contributed by atoms with E-state index in [4.69, 9.17) is 16.3 Å². The lowest BCUT2D eigenvalue weighted by molar-refractivity contribution is 0.410. The predicted octanol–water partition coefficient (Wildman–Crippen LogP) is 6.31. The molecule has 0 fully saturated rings. The van der Waals surface area contributed by atoms with Crippen LogP contribution in [0.25, 0.3) is 0 Å². The van der Waals surface area contributed by atoms with E-state index in [1.165, 1.54) is 0 Å². The highest BCUT2D eigenvalue weighted by Gasteiger charge is 2.17. The van der Waals surface area contributed by atoms with E-state index in [1.807, 2.05) is 36.4 Å². The fraction of sp³-hybridized carbons (Fsp3) is 0.143. The van der Waals surface area contributed by atoms with Crippen molar-refractivity contribution in [1.29, 1.82) is 0 Å². The summed E-state index contributed by atoms with van der Waals surface area (Å²) in [6.45, 7) is 0. The number of methoxy groups -OCH3 is 1. The van der Waals surface area contributed by atoms with Gasteiger partial charge in [-0.3, -0.25) is 0 Å². The standard InChI is InChI=1S/C14H10Br3ClO/c1-19-13-3-2-9(15)7-12(13)14(18)8-4-10(16)6-11(17)5-8/h2-7,14H,1H3. The van der Waals surface area contributed by atoms with Crippen LogP contribution >= 0.6 is 59.4 Å². The Labute approximate surface area is 142 Å². The Morgan fingerprint density at radius 3 is 2.16 bits per heavy atom. The summed E-state index contributed by atoms with van der Waals surface area (Å²) in [6, 6.07) is 11.8. The smallest absolute Gasteiger partial charge is 0.123 e. The van der Waals surface area contributed by atoms with E-state index in [-0.39, 0.29) is 5.38 Å². The lowest BCUT2D eigenvalue weighted by Gasteiger charge is -2.15. The zero-order valence-corrected chi connectivity index (χ0v) is 15.5. The molecule has 0 saturated carbocycles. The number of benzene rings is 2. The topological polar surface area (TPSA) is 9.23 Å². The summed E-state index contributed by atoms with van der Waals surface area (Å²) in [5.74, 6) is 0.777. The van der Waals surface area contributed by atoms with Crippen LogP contribution in [0.2, 0.25) is 0 Å². The monoisotopic (exact) mass is 466 g/mol. The first-order chi connectivity index (χ1) is 9.01. The quantitative estimate of drug-likeness (QED) is 0.479. The Hall–Kier alpha value is -0.0300. The van der Waals surface area contributed by atoms with E-state index in [2.05, 4.69) is 47.8 Å². The molecule has 0 saturated heterocycles. The number of rotatable bonds is 3. The third kappa shape index (κ3) is 3.75. The maximum absolute atomic E-state index is 6.59. The van der Waals surface area contributed by atoms with Crippen molar-refractivity contribution in [2.24, 2.45) is 0 Å². The van der Waals surface area contributed by atoms with Gasteiger partial charge in [0.1, 0.15) is 5.75 Å². The molecule has 100 valence electrons. The minimum Gasteiger partial charge on any atom is -0.496 e. The molecule has 1 nitrogen and oxygen atoms in total. The molecule has 0 amide bonds. The maximum Gasteiger partial charge on any atom is 0.123 e. The molecule has 0 bridgehead atoms. The number of ether oxygens (including phenoxy) is 1. The van der Waals surface area contributed by atoms with Crippen molar-refractivity contribution in [3.8, 4) is 5.75 Å². The molecular weight excluding hydrogens is 459 g/mol. The zero-order chi connectivity index (χ0) is 14.0. The van der Waals surface area contributed by atoms with Crippen molar-refractivity contribution in [1.82, 2.24) is 0 Å². The van der Waals surface area contributed by atoms with Gasteiger partial charge in [-0.25, -0.2) is 0 Å². The summed E-state index contributed by atoms with van der Waals surface area (Å²) in [5.41, 5.74) is 1.93. The molecule has 0 spiro atoms. The minimum absolute atomic E-state index is 0.277. The molecular formula is C14H10Br3ClO. The van der Waals surface area contributed by atoms with Crippen LogP contribution in [-0.2, 0) is 0 Å². The van der Waals surface area contributed by atoms with Gasteiger partial charge in [0.05, 0.1) is 12.5 Å². The molecule has 1 atom stereocenters. The highest BCUT2D eigenvalue weighted by atomic mass is 79.9. The van der Waals surface area contributed by atoms with Gasteiger partial charge in [0.25, 0.3) is 0 Å². The summed E-state index contributed by atoms with van der Waals surface area (Å²) < 4.78 is 8.32. The average Bonchev–Trinajstić information content (AvgIpc) is 2.36. The molecule has 1 unspecified atom stereocenters. The zero-order valence-electron chi connectivity index (χ0n) is 9.96. The van der Waals surface area contributed by atoms with Gasteiger partial charge in [-0.1, -0.05) is 47.8 Å². The van der Waals surface area contributed by atoms with Crippen molar-refractivity contribution in [2.75, 3.05) is 7.11 Å². The maximum atomic E-state index is 6.59. The summed E-state index contributed by atoms with van der Waals surface area (Å²) in [6.07, 6.45) is 0. The first-order valence-electron chi connectivity index (χ1n) is 5.44. The SMILES string of the molecule is COc1ccc(Br)cc1C(Cl)c1cc(Br)cc(Br)c1. The van der Waals surface area contributed by atoms with Gasteiger partial charge >= 0.3 is 0 Å². The van der Waals surface area contributed by atoms with Crippen LogP contribution in [0.15, 0.2) is 49.8 Å². The largest absolute Gasteiger partial charge is 0.496 e. The van der Waals surface area contributed by atoms with Gasteiger partial charge in [-0.2, -0.15) is 0 Å². The van der Waals surface area contributed by atoms with E-state index < -0.39 is 0 Å². The van der Waals surface area contributed by atoms with Crippen LogP contribution in [0.5, 0.6) is 5.75 Å². The molecule has 0 aliphatic rings. The molecule has 2 aromatic carbocycles. The Kier molecular flexibility index (Phi) is 5.35. The van der Waals surface area contributed by atoms with Crippen LogP contribution in [0.3, 0.4) is 0 Å². The van der Waals surface area contributed by atoms with Gasteiger partial charge in [-0.05, 0) is 42.0 Å². The predicted molar refractivity (Wildman–Crippen MR) is 90.2 cm³/mol. The molecule has 2 aromatic rings. The Bertz CT molecular complexity index is 581. The fourth-order valence-corrected chi connectivity index (χ4v) is 3.81. The normalized spacial score (nSPS) is 12.3. The average molecular weight is 469 g/mol. The van der Waals surface area contributed by atoms with Crippen LogP contribution in [0.4, 0.5) is 0 Å². The number of hydrogen-bond acceptors (Lipinski definition) is 1. The Morgan fingerprint density at radius 1 is 0.947 bits per heavy atom. The van der Waals surface area contributed by atoms with Gasteiger partial charge in [0, 0.05) is 19.0 Å². The van der Waals surface area contributed by atoms with E-state index in [9.17, 15) is 0 Å². The minimum atomic E-state index is -0.277. The van der Waals surface area contributed by atoms with Crippen LogP contribution in [0.1, 0.15) is 16.5 Å². The second-order valence-electron chi connectivity index (χ2n) is 3.95. The molecule has 0 N–H and O–H groups in total. The third-order valence-corrected chi connectivity index (χ3v) is 4.54. The Morgan fingerprint density at radius 2 is 1.58 bits per heavy atom. The summed E-state index contributed by atoms with van der Waals surface area (Å²) in [4.78, 5) is 0. The summed E-state index contributed by atoms with van der Waals surface area (Å²) in [7, 11) is 1.65. The number of hydrogen-bond donors (Lipinski definition) is 0. The summed E-state index contributed by atoms with van der Waals surface area (Å²) >= 11 is 17.0. The first-order valence-corrected chi connectivity index (χ1v) is 8.26. The van der Waals surface area contributed by atoms with Crippen molar-refractivity contribution >= 4 is 59.4 Å². The van der Waals surface area contributed by atoms with Crippen LogP contribution in [-0.4, -0.2) is 7.11 Å². The lowest BCUT2D eigenvalue weighted by atomic mass is 10.0. The van der Waals surface area contributed by atoms with Crippen LogP contribution < -0.4 is 4.74 Å². The van der Waals surface area contributed by atoms with Gasteiger partial charge in [-0.15, -0.1) is 11.6 Å². The van der Waals surface area contributed by atoms with Crippen LogP contribution in [0, 0.1) is 0 Å². The van der Waals surface area contributed by atoms with E-state index in [0.717, 1.165) is 30.3 Å². The number of halogens is 4. The Balaban J connectivity index is 2.48. The van der Waals surface area contributed by atoms with E-state index >= 15 is 0 Å². The molecule has 0 aliphatic carbocycles. The first kappa shape index (κ1) is 15.4. The van der Waals surface area contributed by atoms with Crippen molar-refractivity contribution in [3.63, 3.8) is 0 Å².